The molecule has 5 rings (SSSR count). The van der Waals surface area contributed by atoms with Crippen LogP contribution in [0.25, 0.3) is 32.9 Å². The van der Waals surface area contributed by atoms with Crippen molar-refractivity contribution in [3.63, 3.8) is 0 Å². The van der Waals surface area contributed by atoms with Crippen LogP contribution in [0, 0.1) is 0 Å². The quantitative estimate of drug-likeness (QED) is 0.124. The average molecular weight is 498 g/mol. The Morgan fingerprint density at radius 2 is 1.43 bits per heavy atom. The standard InChI is InChI=1S/C31H33N2O4/c1-20(34)36-15-7-9-22-13-14-27-25(17-22)26-18-23(10-8-16-37-21(2)35)19-29-30(26)31(32-27)24-11-5-6-12-28(24)33(29,3)4/h5-6,11-14,17-19H,7-10,15-16H2,1-4H3/q+1. The molecular weight excluding hydrogens is 464 g/mol. The van der Waals surface area contributed by atoms with Crippen LogP contribution in [-0.4, -0.2) is 44.2 Å². The highest BCUT2D eigenvalue weighted by atomic mass is 16.5. The van der Waals surface area contributed by atoms with Crippen LogP contribution in [0.1, 0.15) is 37.8 Å². The number of benzene rings is 3. The average Bonchev–Trinajstić information content (AvgIpc) is 2.87. The van der Waals surface area contributed by atoms with E-state index in [0.717, 1.165) is 42.3 Å². The Morgan fingerprint density at radius 1 is 0.784 bits per heavy atom. The smallest absolute Gasteiger partial charge is 0.302 e. The summed E-state index contributed by atoms with van der Waals surface area (Å²) in [6.45, 7) is 3.72. The number of ether oxygens (including phenoxy) is 2. The predicted molar refractivity (Wildman–Crippen MR) is 148 cm³/mol. The predicted octanol–water partition coefficient (Wildman–Crippen LogP) is 6.26. The molecule has 6 heteroatoms. The van der Waals surface area contributed by atoms with E-state index in [0.29, 0.717) is 17.7 Å². The molecule has 0 bridgehead atoms. The van der Waals surface area contributed by atoms with Gasteiger partial charge >= 0.3 is 11.9 Å². The van der Waals surface area contributed by atoms with Gasteiger partial charge in [-0.2, -0.15) is 0 Å². The molecule has 1 aliphatic rings. The van der Waals surface area contributed by atoms with Crippen LogP contribution in [0.2, 0.25) is 0 Å². The van der Waals surface area contributed by atoms with E-state index in [1.165, 1.54) is 52.7 Å². The van der Waals surface area contributed by atoms with Crippen molar-refractivity contribution >= 4 is 45.0 Å². The minimum absolute atomic E-state index is 0.244. The maximum absolute atomic E-state index is 11.2. The minimum atomic E-state index is -0.245. The van der Waals surface area contributed by atoms with Crippen molar-refractivity contribution in [1.29, 1.82) is 0 Å². The highest BCUT2D eigenvalue weighted by molar-refractivity contribution is 6.18. The van der Waals surface area contributed by atoms with E-state index in [-0.39, 0.29) is 11.9 Å². The van der Waals surface area contributed by atoms with E-state index in [9.17, 15) is 9.59 Å². The van der Waals surface area contributed by atoms with Gasteiger partial charge in [0.2, 0.25) is 0 Å². The molecule has 0 saturated carbocycles. The highest BCUT2D eigenvalue weighted by Crippen LogP contribution is 2.51. The van der Waals surface area contributed by atoms with Crippen LogP contribution in [0.3, 0.4) is 0 Å². The van der Waals surface area contributed by atoms with Crippen molar-refractivity contribution in [1.82, 2.24) is 9.47 Å². The fraction of sp³-hybridized carbons (Fsp3) is 0.323. The molecule has 0 radical (unpaired) electrons. The molecule has 1 aliphatic heterocycles. The number of hydrogen-bond acceptors (Lipinski definition) is 5. The van der Waals surface area contributed by atoms with Crippen LogP contribution >= 0.6 is 0 Å². The first-order valence-corrected chi connectivity index (χ1v) is 12.9. The number of quaternary nitrogens is 1. The molecule has 0 fully saturated rings. The number of pyridine rings is 1. The normalized spacial score (nSPS) is 13.4. The van der Waals surface area contributed by atoms with Crippen LogP contribution < -0.4 is 4.48 Å². The van der Waals surface area contributed by atoms with Crippen molar-refractivity contribution in [2.24, 2.45) is 0 Å². The second kappa shape index (κ2) is 9.94. The molecule has 0 saturated heterocycles. The highest BCUT2D eigenvalue weighted by Gasteiger charge is 2.36. The third kappa shape index (κ3) is 4.81. The van der Waals surface area contributed by atoms with Gasteiger partial charge in [0.25, 0.3) is 0 Å². The molecule has 6 nitrogen and oxygen atoms in total. The second-order valence-corrected chi connectivity index (χ2v) is 10.2. The SMILES string of the molecule is CC(=O)OCCCc1ccc2nc3c4c(cc(CCCOC(C)=O)cc4c2c1)[N+](C)(C)c1ccccc1-3. The lowest BCUT2D eigenvalue weighted by Crippen LogP contribution is -2.36. The van der Waals surface area contributed by atoms with Gasteiger partial charge in [-0.15, -0.1) is 0 Å². The van der Waals surface area contributed by atoms with E-state index < -0.39 is 0 Å². The first-order chi connectivity index (χ1) is 17.8. The first-order valence-electron chi connectivity index (χ1n) is 12.9. The van der Waals surface area contributed by atoms with Crippen LogP contribution in [0.4, 0.5) is 11.4 Å². The van der Waals surface area contributed by atoms with Gasteiger partial charge in [-0.25, -0.2) is 4.98 Å². The number of aryl methyl sites for hydroxylation is 2. The van der Waals surface area contributed by atoms with Gasteiger partial charge < -0.3 is 9.47 Å². The van der Waals surface area contributed by atoms with E-state index in [4.69, 9.17) is 14.5 Å². The minimum Gasteiger partial charge on any atom is -0.466 e. The van der Waals surface area contributed by atoms with Crippen LogP contribution in [0.5, 0.6) is 0 Å². The lowest BCUT2D eigenvalue weighted by atomic mass is 9.89. The Morgan fingerprint density at radius 3 is 2.14 bits per heavy atom. The molecular formula is C31H33N2O4+. The van der Waals surface area contributed by atoms with Crippen molar-refractivity contribution in [3.05, 3.63) is 65.7 Å². The van der Waals surface area contributed by atoms with E-state index in [2.05, 4.69) is 68.7 Å². The maximum Gasteiger partial charge on any atom is 0.302 e. The molecule has 2 heterocycles. The Labute approximate surface area is 217 Å². The Hall–Kier alpha value is -3.77. The molecule has 4 aromatic rings. The first kappa shape index (κ1) is 24.9. The van der Waals surface area contributed by atoms with Crippen LogP contribution in [-0.2, 0) is 31.9 Å². The number of hydrogen-bond donors (Lipinski definition) is 0. The Kier molecular flexibility index (Phi) is 6.69. The fourth-order valence-electron chi connectivity index (χ4n) is 5.43. The summed E-state index contributed by atoms with van der Waals surface area (Å²) in [6, 6.07) is 19.6. The lowest BCUT2D eigenvalue weighted by molar-refractivity contribution is -0.142. The topological polar surface area (TPSA) is 65.5 Å². The summed E-state index contributed by atoms with van der Waals surface area (Å²) in [6.07, 6.45) is 3.19. The second-order valence-electron chi connectivity index (χ2n) is 10.2. The number of rotatable bonds is 8. The Balaban J connectivity index is 1.65. The van der Waals surface area contributed by atoms with Crippen molar-refractivity contribution in [2.45, 2.75) is 39.5 Å². The van der Waals surface area contributed by atoms with E-state index >= 15 is 0 Å². The van der Waals surface area contributed by atoms with E-state index in [1.807, 2.05) is 0 Å². The van der Waals surface area contributed by atoms with Gasteiger partial charge in [-0.1, -0.05) is 18.2 Å². The summed E-state index contributed by atoms with van der Waals surface area (Å²) in [5.74, 6) is -0.489. The summed E-state index contributed by atoms with van der Waals surface area (Å²) in [4.78, 5) is 27.5. The number of carbonyl (C=O) groups excluding carboxylic acids is 2. The summed E-state index contributed by atoms with van der Waals surface area (Å²) in [5, 5.41) is 3.52. The summed E-state index contributed by atoms with van der Waals surface area (Å²) < 4.78 is 10.9. The van der Waals surface area contributed by atoms with Gasteiger partial charge in [0.1, 0.15) is 11.4 Å². The number of para-hydroxylation sites is 1. The van der Waals surface area contributed by atoms with Gasteiger partial charge in [0.15, 0.2) is 0 Å². The van der Waals surface area contributed by atoms with Crippen molar-refractivity contribution < 1.29 is 19.1 Å². The third-order valence-corrected chi connectivity index (χ3v) is 7.19. The number of carbonyl (C=O) groups is 2. The molecule has 1 aromatic heterocycles. The molecule has 3 aromatic carbocycles. The maximum atomic E-state index is 11.2. The molecule has 0 unspecified atom stereocenters. The van der Waals surface area contributed by atoms with E-state index in [1.54, 1.807) is 0 Å². The van der Waals surface area contributed by atoms with Gasteiger partial charge in [0, 0.05) is 31.4 Å². The monoisotopic (exact) mass is 497 g/mol. The lowest BCUT2D eigenvalue weighted by Gasteiger charge is -2.36. The molecule has 0 spiro atoms. The summed E-state index contributed by atoms with van der Waals surface area (Å²) in [7, 11) is 4.46. The van der Waals surface area contributed by atoms with Gasteiger partial charge in [-0.05, 0) is 66.5 Å². The summed E-state index contributed by atoms with van der Waals surface area (Å²) in [5.41, 5.74) is 8.03. The largest absolute Gasteiger partial charge is 0.466 e. The van der Waals surface area contributed by atoms with Crippen molar-refractivity contribution in [2.75, 3.05) is 27.3 Å². The Bertz CT molecular complexity index is 1520. The van der Waals surface area contributed by atoms with Crippen LogP contribution in [0.15, 0.2) is 54.6 Å². The molecule has 0 atom stereocenters. The van der Waals surface area contributed by atoms with Gasteiger partial charge in [-0.3, -0.25) is 14.1 Å². The molecule has 190 valence electrons. The van der Waals surface area contributed by atoms with Gasteiger partial charge in [0.05, 0.1) is 49.5 Å². The molecule has 0 amide bonds. The molecule has 37 heavy (non-hydrogen) atoms. The molecule has 0 N–H and O–H groups in total. The molecule has 0 aliphatic carbocycles. The number of fused-ring (bicyclic) bond motifs is 4. The zero-order valence-electron chi connectivity index (χ0n) is 22.0. The zero-order chi connectivity index (χ0) is 26.2. The number of nitrogens with zero attached hydrogens (tertiary/aromatic N) is 2. The number of esters is 2. The van der Waals surface area contributed by atoms with Crippen molar-refractivity contribution in [3.8, 4) is 11.3 Å². The fourth-order valence-corrected chi connectivity index (χ4v) is 5.43. The summed E-state index contributed by atoms with van der Waals surface area (Å²) >= 11 is 0. The number of aromatic nitrogens is 1. The zero-order valence-corrected chi connectivity index (χ0v) is 22.0. The third-order valence-electron chi connectivity index (χ3n) is 7.19.